The predicted molar refractivity (Wildman–Crippen MR) is 123 cm³/mol. The van der Waals surface area contributed by atoms with Crippen molar-refractivity contribution in [2.75, 3.05) is 25.5 Å². The summed E-state index contributed by atoms with van der Waals surface area (Å²) in [6.07, 6.45) is 1.19. The van der Waals surface area contributed by atoms with Crippen molar-refractivity contribution in [1.82, 2.24) is 9.88 Å². The maximum absolute atomic E-state index is 12.9. The molecule has 1 fully saturated rings. The molecular weight excluding hydrogens is 434 g/mol. The number of hydrogen-bond donors (Lipinski definition) is 1. The van der Waals surface area contributed by atoms with Gasteiger partial charge in [-0.2, -0.15) is 0 Å². The molecule has 160 valence electrons. The number of halogens is 1. The van der Waals surface area contributed by atoms with Gasteiger partial charge >= 0.3 is 0 Å². The van der Waals surface area contributed by atoms with E-state index in [2.05, 4.69) is 10.3 Å². The Balaban J connectivity index is 1.35. The van der Waals surface area contributed by atoms with Crippen LogP contribution in [0, 0.1) is 5.92 Å². The highest BCUT2D eigenvalue weighted by molar-refractivity contribution is 7.14. The number of thiazole rings is 1. The van der Waals surface area contributed by atoms with Crippen LogP contribution < -0.4 is 10.1 Å². The first-order valence-corrected chi connectivity index (χ1v) is 11.3. The molecule has 0 atom stereocenters. The van der Waals surface area contributed by atoms with Gasteiger partial charge in [-0.1, -0.05) is 41.9 Å². The van der Waals surface area contributed by atoms with Gasteiger partial charge in [0.1, 0.15) is 5.75 Å². The topological polar surface area (TPSA) is 71.5 Å². The number of likely N-dealkylation sites (tertiary alicyclic amines) is 1. The molecule has 1 saturated heterocycles. The number of nitrogens with zero attached hydrogens (tertiary/aromatic N) is 2. The van der Waals surface area contributed by atoms with Crippen LogP contribution in [0.5, 0.6) is 5.75 Å². The Bertz CT molecular complexity index is 1080. The molecule has 2 heterocycles. The van der Waals surface area contributed by atoms with Crippen molar-refractivity contribution >= 4 is 39.9 Å². The highest BCUT2D eigenvalue weighted by Gasteiger charge is 2.29. The van der Waals surface area contributed by atoms with E-state index in [1.54, 1.807) is 23.1 Å². The summed E-state index contributed by atoms with van der Waals surface area (Å²) in [5, 5.41) is 5.94. The van der Waals surface area contributed by atoms with E-state index in [-0.39, 0.29) is 17.7 Å². The van der Waals surface area contributed by atoms with E-state index < -0.39 is 0 Å². The summed E-state index contributed by atoms with van der Waals surface area (Å²) in [5.41, 5.74) is 2.30. The Labute approximate surface area is 189 Å². The number of amides is 2. The molecule has 8 heteroatoms. The van der Waals surface area contributed by atoms with E-state index >= 15 is 0 Å². The highest BCUT2D eigenvalue weighted by atomic mass is 35.5. The van der Waals surface area contributed by atoms with Gasteiger partial charge in [0.05, 0.1) is 18.4 Å². The van der Waals surface area contributed by atoms with E-state index in [4.69, 9.17) is 16.3 Å². The number of carbonyl (C=O) groups is 2. The zero-order chi connectivity index (χ0) is 21.8. The standard InChI is InChI=1S/C23H22ClN3O3S/c1-30-20-8-7-17(24)13-18(20)22(29)27-11-9-16(10-12-27)21(28)26-23-25-19(14-31-23)15-5-3-2-4-6-15/h2-8,13-14,16H,9-12H2,1H3,(H,25,26,28). The van der Waals surface area contributed by atoms with Crippen LogP contribution in [0.25, 0.3) is 11.3 Å². The lowest BCUT2D eigenvalue weighted by Crippen LogP contribution is -2.41. The number of piperidine rings is 1. The van der Waals surface area contributed by atoms with E-state index in [1.165, 1.54) is 18.4 Å². The molecule has 4 rings (SSSR count). The normalized spacial score (nSPS) is 14.3. The summed E-state index contributed by atoms with van der Waals surface area (Å²) in [6.45, 7) is 0.999. The van der Waals surface area contributed by atoms with Gasteiger partial charge in [-0.05, 0) is 31.0 Å². The van der Waals surface area contributed by atoms with Gasteiger partial charge in [-0.3, -0.25) is 9.59 Å². The number of nitrogens with one attached hydrogen (secondary N) is 1. The third kappa shape index (κ3) is 4.89. The first kappa shape index (κ1) is 21.3. The average Bonchev–Trinajstić information content (AvgIpc) is 3.27. The smallest absolute Gasteiger partial charge is 0.257 e. The van der Waals surface area contributed by atoms with Gasteiger partial charge in [0.25, 0.3) is 5.91 Å². The highest BCUT2D eigenvalue weighted by Crippen LogP contribution is 2.28. The van der Waals surface area contributed by atoms with Crippen molar-refractivity contribution in [3.63, 3.8) is 0 Å². The SMILES string of the molecule is COc1ccc(Cl)cc1C(=O)N1CCC(C(=O)Nc2nc(-c3ccccc3)cs2)CC1. The van der Waals surface area contributed by atoms with Crippen LogP contribution in [-0.2, 0) is 4.79 Å². The average molecular weight is 456 g/mol. The minimum atomic E-state index is -0.158. The molecule has 1 aliphatic rings. The Kier molecular flexibility index (Phi) is 6.53. The number of methoxy groups -OCH3 is 1. The third-order valence-electron chi connectivity index (χ3n) is 5.35. The Hall–Kier alpha value is -2.90. The molecule has 1 N–H and O–H groups in total. The van der Waals surface area contributed by atoms with E-state index in [0.717, 1.165) is 11.3 Å². The molecule has 1 aliphatic heterocycles. The number of anilines is 1. The first-order valence-electron chi connectivity index (χ1n) is 10.00. The van der Waals surface area contributed by atoms with Crippen LogP contribution in [0.15, 0.2) is 53.9 Å². The van der Waals surface area contributed by atoms with Crippen LogP contribution in [0.1, 0.15) is 23.2 Å². The summed E-state index contributed by atoms with van der Waals surface area (Å²) in [6, 6.07) is 14.8. The summed E-state index contributed by atoms with van der Waals surface area (Å²) in [5.74, 6) is 0.147. The number of benzene rings is 2. The molecule has 0 spiro atoms. The van der Waals surface area contributed by atoms with Crippen molar-refractivity contribution in [2.24, 2.45) is 5.92 Å². The second-order valence-corrected chi connectivity index (χ2v) is 8.60. The number of aromatic nitrogens is 1. The Morgan fingerprint density at radius 2 is 1.90 bits per heavy atom. The van der Waals surface area contributed by atoms with Crippen LogP contribution in [-0.4, -0.2) is 41.9 Å². The summed E-state index contributed by atoms with van der Waals surface area (Å²) in [4.78, 5) is 31.9. The fourth-order valence-corrected chi connectivity index (χ4v) is 4.54. The Morgan fingerprint density at radius 1 is 1.16 bits per heavy atom. The minimum Gasteiger partial charge on any atom is -0.496 e. The molecule has 0 unspecified atom stereocenters. The van der Waals surface area contributed by atoms with Crippen molar-refractivity contribution in [3.8, 4) is 17.0 Å². The molecule has 0 bridgehead atoms. The quantitative estimate of drug-likeness (QED) is 0.590. The lowest BCUT2D eigenvalue weighted by Gasteiger charge is -2.31. The second kappa shape index (κ2) is 9.49. The van der Waals surface area contributed by atoms with Crippen LogP contribution in [0.3, 0.4) is 0 Å². The third-order valence-corrected chi connectivity index (χ3v) is 6.34. The molecular formula is C23H22ClN3O3S. The van der Waals surface area contributed by atoms with E-state index in [0.29, 0.717) is 47.4 Å². The maximum Gasteiger partial charge on any atom is 0.257 e. The van der Waals surface area contributed by atoms with Gasteiger partial charge in [0, 0.05) is 35.0 Å². The molecule has 31 heavy (non-hydrogen) atoms. The number of rotatable bonds is 5. The van der Waals surface area contributed by atoms with Gasteiger partial charge in [0.15, 0.2) is 5.13 Å². The summed E-state index contributed by atoms with van der Waals surface area (Å²) < 4.78 is 5.30. The summed E-state index contributed by atoms with van der Waals surface area (Å²) in [7, 11) is 1.53. The molecule has 2 amide bonds. The fourth-order valence-electron chi connectivity index (χ4n) is 3.64. The van der Waals surface area contributed by atoms with Crippen molar-refractivity contribution in [2.45, 2.75) is 12.8 Å². The lowest BCUT2D eigenvalue weighted by molar-refractivity contribution is -0.121. The number of carbonyl (C=O) groups excluding carboxylic acids is 2. The molecule has 3 aromatic rings. The molecule has 2 aromatic carbocycles. The minimum absolute atomic E-state index is 0.0543. The van der Waals surface area contributed by atoms with E-state index in [1.807, 2.05) is 35.7 Å². The zero-order valence-corrected chi connectivity index (χ0v) is 18.6. The lowest BCUT2D eigenvalue weighted by atomic mass is 9.95. The van der Waals surface area contributed by atoms with E-state index in [9.17, 15) is 9.59 Å². The zero-order valence-electron chi connectivity index (χ0n) is 17.0. The predicted octanol–water partition coefficient (Wildman–Crippen LogP) is 4.96. The molecule has 1 aromatic heterocycles. The van der Waals surface area contributed by atoms with Gasteiger partial charge in [-0.25, -0.2) is 4.98 Å². The monoisotopic (exact) mass is 455 g/mol. The summed E-state index contributed by atoms with van der Waals surface area (Å²) >= 11 is 7.47. The fraction of sp³-hybridized carbons (Fsp3) is 0.261. The molecule has 0 aliphatic carbocycles. The van der Waals surface area contributed by atoms with Crippen molar-refractivity contribution in [1.29, 1.82) is 0 Å². The first-order chi connectivity index (χ1) is 15.0. The Morgan fingerprint density at radius 3 is 2.61 bits per heavy atom. The van der Waals surface area contributed by atoms with Gasteiger partial charge in [0.2, 0.25) is 5.91 Å². The molecule has 0 saturated carbocycles. The van der Waals surface area contributed by atoms with Crippen LogP contribution in [0.4, 0.5) is 5.13 Å². The maximum atomic E-state index is 12.9. The number of hydrogen-bond acceptors (Lipinski definition) is 5. The largest absolute Gasteiger partial charge is 0.496 e. The van der Waals surface area contributed by atoms with Crippen molar-refractivity contribution < 1.29 is 14.3 Å². The second-order valence-electron chi connectivity index (χ2n) is 7.30. The van der Waals surface area contributed by atoms with Gasteiger partial charge in [-0.15, -0.1) is 11.3 Å². The molecule has 0 radical (unpaired) electrons. The van der Waals surface area contributed by atoms with Crippen LogP contribution >= 0.6 is 22.9 Å². The van der Waals surface area contributed by atoms with Gasteiger partial charge < -0.3 is 15.0 Å². The molecule has 6 nitrogen and oxygen atoms in total. The van der Waals surface area contributed by atoms with Crippen LogP contribution in [0.2, 0.25) is 5.02 Å². The van der Waals surface area contributed by atoms with Crippen molar-refractivity contribution in [3.05, 3.63) is 64.5 Å². The number of ether oxygens (including phenoxy) is 1.